The zero-order chi connectivity index (χ0) is 14.6. The lowest BCUT2D eigenvalue weighted by Gasteiger charge is -2.26. The van der Waals surface area contributed by atoms with E-state index in [4.69, 9.17) is 0 Å². The van der Waals surface area contributed by atoms with Gasteiger partial charge in [-0.1, -0.05) is 42.5 Å². The lowest BCUT2D eigenvalue weighted by molar-refractivity contribution is -0.161. The smallest absolute Gasteiger partial charge is 0.327 e. The Bertz CT molecular complexity index is 591. The third-order valence-corrected chi connectivity index (χ3v) is 2.99. The molecule has 0 heterocycles. The van der Waals surface area contributed by atoms with Crippen molar-refractivity contribution in [2.24, 2.45) is 15.6 Å². The fourth-order valence-electron chi connectivity index (χ4n) is 1.87. The van der Waals surface area contributed by atoms with Crippen molar-refractivity contribution in [3.63, 3.8) is 0 Å². The number of azo groups is 1. The van der Waals surface area contributed by atoms with Gasteiger partial charge in [0.25, 0.3) is 0 Å². The van der Waals surface area contributed by atoms with Crippen LogP contribution in [0.4, 0.5) is 5.69 Å². The fourth-order valence-corrected chi connectivity index (χ4v) is 1.87. The summed E-state index contributed by atoms with van der Waals surface area (Å²) in [5, 5.41) is 26.3. The fraction of sp³-hybridized carbons (Fsp3) is 0.143. The number of hydrogen-bond acceptors (Lipinski definition) is 4. The van der Waals surface area contributed by atoms with E-state index in [0.717, 1.165) is 6.08 Å². The molecule has 0 spiro atoms. The summed E-state index contributed by atoms with van der Waals surface area (Å²) in [6.07, 6.45) is 5.47. The lowest BCUT2D eigenvalue weighted by Crippen LogP contribution is -2.46. The van der Waals surface area contributed by atoms with Gasteiger partial charge in [0.05, 0.1) is 5.69 Å². The Balaban J connectivity index is 2.36. The second-order valence-electron chi connectivity index (χ2n) is 4.22. The molecule has 20 heavy (non-hydrogen) atoms. The third-order valence-electron chi connectivity index (χ3n) is 2.99. The van der Waals surface area contributed by atoms with Crippen LogP contribution in [0.2, 0.25) is 0 Å². The largest absolute Gasteiger partial charge is 0.480 e. The van der Waals surface area contributed by atoms with Crippen molar-refractivity contribution in [1.29, 1.82) is 0 Å². The van der Waals surface area contributed by atoms with Crippen LogP contribution in [0.25, 0.3) is 0 Å². The van der Waals surface area contributed by atoms with Crippen LogP contribution in [0.3, 0.4) is 0 Å². The van der Waals surface area contributed by atoms with E-state index in [1.165, 1.54) is 12.2 Å². The van der Waals surface area contributed by atoms with Crippen molar-refractivity contribution in [2.75, 3.05) is 0 Å². The van der Waals surface area contributed by atoms with Crippen molar-refractivity contribution < 1.29 is 19.8 Å². The normalized spacial score (nSPS) is 20.1. The van der Waals surface area contributed by atoms with Gasteiger partial charge in [0.1, 0.15) is 6.04 Å². The number of aliphatic carboxylic acids is 2. The van der Waals surface area contributed by atoms with Crippen LogP contribution in [0, 0.1) is 5.41 Å². The second kappa shape index (κ2) is 5.48. The van der Waals surface area contributed by atoms with Gasteiger partial charge in [0.15, 0.2) is 0 Å². The number of allylic oxidation sites excluding steroid dienone is 2. The number of carboxylic acid groups (broad SMARTS) is 2. The molecule has 0 saturated carbocycles. The molecule has 1 aliphatic rings. The first-order chi connectivity index (χ1) is 9.57. The molecular weight excluding hydrogens is 260 g/mol. The first kappa shape index (κ1) is 13.7. The molecule has 1 aliphatic carbocycles. The van der Waals surface area contributed by atoms with E-state index in [9.17, 15) is 19.8 Å². The van der Waals surface area contributed by atoms with Gasteiger partial charge in [-0.05, 0) is 12.1 Å². The zero-order valence-electron chi connectivity index (χ0n) is 10.4. The summed E-state index contributed by atoms with van der Waals surface area (Å²) >= 11 is 0. The Morgan fingerprint density at radius 1 is 1.05 bits per heavy atom. The molecule has 0 fully saturated rings. The molecule has 0 radical (unpaired) electrons. The molecule has 6 heteroatoms. The summed E-state index contributed by atoms with van der Waals surface area (Å²) in [5.74, 6) is -2.94. The molecule has 1 aromatic rings. The molecule has 2 N–H and O–H groups in total. The topological polar surface area (TPSA) is 99.3 Å². The highest BCUT2D eigenvalue weighted by Crippen LogP contribution is 2.32. The van der Waals surface area contributed by atoms with Crippen LogP contribution in [-0.4, -0.2) is 28.2 Å². The molecule has 1 atom stereocenters. The summed E-state index contributed by atoms with van der Waals surface area (Å²) in [6, 6.07) is 7.60. The predicted molar refractivity (Wildman–Crippen MR) is 70.7 cm³/mol. The van der Waals surface area contributed by atoms with Crippen molar-refractivity contribution in [2.45, 2.75) is 6.04 Å². The zero-order valence-corrected chi connectivity index (χ0v) is 10.4. The lowest BCUT2D eigenvalue weighted by atomic mass is 9.78. The molecule has 2 rings (SSSR count). The average Bonchev–Trinajstić information content (AvgIpc) is 2.46. The van der Waals surface area contributed by atoms with Crippen LogP contribution in [0.1, 0.15) is 0 Å². The third kappa shape index (κ3) is 2.35. The predicted octanol–water partition coefficient (Wildman–Crippen LogP) is 2.42. The van der Waals surface area contributed by atoms with Gasteiger partial charge in [-0.25, -0.2) is 0 Å². The number of benzene rings is 1. The molecule has 6 nitrogen and oxygen atoms in total. The van der Waals surface area contributed by atoms with E-state index in [2.05, 4.69) is 10.2 Å². The Hall–Kier alpha value is -2.76. The average molecular weight is 272 g/mol. The van der Waals surface area contributed by atoms with Gasteiger partial charge in [-0.3, -0.25) is 9.59 Å². The molecule has 0 aliphatic heterocycles. The van der Waals surface area contributed by atoms with E-state index in [1.54, 1.807) is 36.4 Å². The maximum atomic E-state index is 11.4. The van der Waals surface area contributed by atoms with E-state index >= 15 is 0 Å². The minimum atomic E-state index is -2.12. The van der Waals surface area contributed by atoms with Gasteiger partial charge in [-0.15, -0.1) is 0 Å². The summed E-state index contributed by atoms with van der Waals surface area (Å²) in [7, 11) is 0. The first-order valence-electron chi connectivity index (χ1n) is 5.86. The van der Waals surface area contributed by atoms with E-state index in [1.807, 2.05) is 0 Å². The number of nitrogens with zero attached hydrogens (tertiary/aromatic N) is 2. The number of carbonyl (C=O) groups is 2. The second-order valence-corrected chi connectivity index (χ2v) is 4.22. The maximum Gasteiger partial charge on any atom is 0.327 e. The van der Waals surface area contributed by atoms with Crippen molar-refractivity contribution in [1.82, 2.24) is 0 Å². The van der Waals surface area contributed by atoms with Crippen molar-refractivity contribution in [3.05, 3.63) is 54.6 Å². The van der Waals surface area contributed by atoms with Crippen LogP contribution >= 0.6 is 0 Å². The molecule has 1 unspecified atom stereocenters. The highest BCUT2D eigenvalue weighted by Gasteiger charge is 2.51. The Labute approximate surface area is 114 Å². The standard InChI is InChI=1S/C14H12N2O4/c17-12(18)14(13(19)20)9-5-4-8-11(14)16-15-10-6-2-1-3-7-10/h1-9,11H,(H,17,18)(H,19,20)/b16-15+. The van der Waals surface area contributed by atoms with Gasteiger partial charge in [0.2, 0.25) is 5.41 Å². The van der Waals surface area contributed by atoms with Crippen LogP contribution in [0.5, 0.6) is 0 Å². The Kier molecular flexibility index (Phi) is 3.74. The van der Waals surface area contributed by atoms with Gasteiger partial charge in [0, 0.05) is 0 Å². The SMILES string of the molecule is O=C(O)C1(C(=O)O)C=CC=CC1/N=N/c1ccccc1. The van der Waals surface area contributed by atoms with Crippen LogP contribution < -0.4 is 0 Å². The minimum absolute atomic E-state index is 0.528. The van der Waals surface area contributed by atoms with E-state index in [0.29, 0.717) is 5.69 Å². The summed E-state index contributed by atoms with van der Waals surface area (Å²) in [5.41, 5.74) is -1.59. The van der Waals surface area contributed by atoms with Crippen LogP contribution in [-0.2, 0) is 9.59 Å². The van der Waals surface area contributed by atoms with Gasteiger partial charge < -0.3 is 10.2 Å². The summed E-state index contributed by atoms with van der Waals surface area (Å²) in [6.45, 7) is 0. The van der Waals surface area contributed by atoms with Gasteiger partial charge in [-0.2, -0.15) is 10.2 Å². The van der Waals surface area contributed by atoms with Crippen molar-refractivity contribution in [3.8, 4) is 0 Å². The van der Waals surface area contributed by atoms with Gasteiger partial charge >= 0.3 is 11.9 Å². The number of hydrogen-bond donors (Lipinski definition) is 2. The first-order valence-corrected chi connectivity index (χ1v) is 5.86. The quantitative estimate of drug-likeness (QED) is 0.649. The monoisotopic (exact) mass is 272 g/mol. The summed E-state index contributed by atoms with van der Waals surface area (Å²) in [4.78, 5) is 22.7. The number of carboxylic acids is 2. The molecular formula is C14H12N2O4. The molecule has 0 aromatic heterocycles. The minimum Gasteiger partial charge on any atom is -0.480 e. The highest BCUT2D eigenvalue weighted by atomic mass is 16.4. The van der Waals surface area contributed by atoms with E-state index in [-0.39, 0.29) is 0 Å². The van der Waals surface area contributed by atoms with Crippen LogP contribution in [0.15, 0.2) is 64.9 Å². The Morgan fingerprint density at radius 2 is 1.70 bits per heavy atom. The maximum absolute atomic E-state index is 11.4. The molecule has 1 aromatic carbocycles. The molecule has 102 valence electrons. The molecule has 0 bridgehead atoms. The molecule has 0 amide bonds. The Morgan fingerprint density at radius 3 is 2.30 bits per heavy atom. The highest BCUT2D eigenvalue weighted by molar-refractivity contribution is 6.02. The van der Waals surface area contributed by atoms with Crippen molar-refractivity contribution >= 4 is 17.6 Å². The number of rotatable bonds is 4. The summed E-state index contributed by atoms with van der Waals surface area (Å²) < 4.78 is 0. The van der Waals surface area contributed by atoms with E-state index < -0.39 is 23.4 Å². The molecule has 0 saturated heterocycles.